The molecule has 1 aromatic rings. The average molecular weight is 409 g/mol. The smallest absolute Gasteiger partial charge is 0.410 e. The van der Waals surface area contributed by atoms with Gasteiger partial charge in [0.15, 0.2) is 0 Å². The lowest BCUT2D eigenvalue weighted by Crippen LogP contribution is -2.44. The SMILES string of the molecule is Cc1ccc(Cl)cc1C(OCCN=[N+]=[N-])C1CCCN(C(=O)OC(C)(C)C)C1. The number of azide groups is 1. The first kappa shape index (κ1) is 22.3. The van der Waals surface area contributed by atoms with Crippen molar-refractivity contribution in [3.8, 4) is 0 Å². The quantitative estimate of drug-likeness (QED) is 0.263. The maximum absolute atomic E-state index is 12.5. The predicted molar refractivity (Wildman–Crippen MR) is 109 cm³/mol. The summed E-state index contributed by atoms with van der Waals surface area (Å²) in [6.07, 6.45) is 1.27. The largest absolute Gasteiger partial charge is 0.444 e. The molecule has 0 saturated carbocycles. The first-order valence-electron chi connectivity index (χ1n) is 9.57. The van der Waals surface area contributed by atoms with Crippen molar-refractivity contribution < 1.29 is 14.3 Å². The molecule has 1 heterocycles. The number of rotatable bonds is 6. The molecule has 1 aromatic carbocycles. The number of benzene rings is 1. The summed E-state index contributed by atoms with van der Waals surface area (Å²) in [6.45, 7) is 9.40. The van der Waals surface area contributed by atoms with Crippen LogP contribution >= 0.6 is 11.6 Å². The average Bonchev–Trinajstić information content (AvgIpc) is 2.63. The van der Waals surface area contributed by atoms with Gasteiger partial charge in [0.1, 0.15) is 5.60 Å². The van der Waals surface area contributed by atoms with Gasteiger partial charge in [-0.2, -0.15) is 0 Å². The van der Waals surface area contributed by atoms with Gasteiger partial charge in [0, 0.05) is 35.5 Å². The van der Waals surface area contributed by atoms with E-state index in [1.807, 2.05) is 45.9 Å². The fourth-order valence-electron chi connectivity index (χ4n) is 3.41. The van der Waals surface area contributed by atoms with Crippen LogP contribution in [0.4, 0.5) is 4.79 Å². The van der Waals surface area contributed by atoms with E-state index in [1.54, 1.807) is 4.90 Å². The van der Waals surface area contributed by atoms with E-state index in [0.29, 0.717) is 24.7 Å². The van der Waals surface area contributed by atoms with Gasteiger partial charge >= 0.3 is 6.09 Å². The molecule has 28 heavy (non-hydrogen) atoms. The Hall–Kier alpha value is -1.95. The first-order chi connectivity index (χ1) is 13.2. The molecule has 2 unspecified atom stereocenters. The molecule has 8 heteroatoms. The van der Waals surface area contributed by atoms with Gasteiger partial charge in [-0.05, 0) is 69.3 Å². The molecule has 1 aliphatic rings. The minimum atomic E-state index is -0.529. The highest BCUT2D eigenvalue weighted by molar-refractivity contribution is 6.30. The van der Waals surface area contributed by atoms with Crippen LogP contribution in [0.25, 0.3) is 10.4 Å². The van der Waals surface area contributed by atoms with Crippen molar-refractivity contribution in [2.45, 2.75) is 52.2 Å². The summed E-state index contributed by atoms with van der Waals surface area (Å²) >= 11 is 6.23. The molecule has 1 saturated heterocycles. The van der Waals surface area contributed by atoms with Crippen LogP contribution in [0.3, 0.4) is 0 Å². The summed E-state index contributed by atoms with van der Waals surface area (Å²) in [5.74, 6) is 0.101. The monoisotopic (exact) mass is 408 g/mol. The van der Waals surface area contributed by atoms with Crippen LogP contribution in [0.5, 0.6) is 0 Å². The van der Waals surface area contributed by atoms with Crippen LogP contribution in [0, 0.1) is 12.8 Å². The lowest BCUT2D eigenvalue weighted by atomic mass is 9.86. The molecule has 1 aliphatic heterocycles. The molecular weight excluding hydrogens is 380 g/mol. The minimum Gasteiger partial charge on any atom is -0.444 e. The van der Waals surface area contributed by atoms with Crippen molar-refractivity contribution in [2.24, 2.45) is 11.0 Å². The van der Waals surface area contributed by atoms with E-state index in [2.05, 4.69) is 10.0 Å². The number of piperidine rings is 1. The Balaban J connectivity index is 2.20. The number of ether oxygens (including phenoxy) is 2. The molecule has 154 valence electrons. The molecular formula is C20H29ClN4O3. The third-order valence-electron chi connectivity index (χ3n) is 4.64. The summed E-state index contributed by atoms with van der Waals surface area (Å²) in [7, 11) is 0. The van der Waals surface area contributed by atoms with E-state index in [1.165, 1.54) is 0 Å². The van der Waals surface area contributed by atoms with Crippen LogP contribution in [0.1, 0.15) is 50.8 Å². The molecule has 7 nitrogen and oxygen atoms in total. The molecule has 1 fully saturated rings. The van der Waals surface area contributed by atoms with E-state index in [4.69, 9.17) is 26.6 Å². The highest BCUT2D eigenvalue weighted by Gasteiger charge is 2.33. The molecule has 0 radical (unpaired) electrons. The second-order valence-corrected chi connectivity index (χ2v) is 8.51. The Labute approximate surface area is 171 Å². The highest BCUT2D eigenvalue weighted by atomic mass is 35.5. The number of hydrogen-bond acceptors (Lipinski definition) is 4. The molecule has 0 aliphatic carbocycles. The molecule has 1 amide bonds. The summed E-state index contributed by atoms with van der Waals surface area (Å²) in [5, 5.41) is 4.19. The first-order valence-corrected chi connectivity index (χ1v) is 9.95. The number of nitrogens with zero attached hydrogens (tertiary/aromatic N) is 4. The van der Waals surface area contributed by atoms with Crippen molar-refractivity contribution in [3.05, 3.63) is 44.8 Å². The molecule has 2 rings (SSSR count). The van der Waals surface area contributed by atoms with Crippen LogP contribution in [-0.2, 0) is 9.47 Å². The van der Waals surface area contributed by atoms with Crippen LogP contribution in [-0.4, -0.2) is 42.8 Å². The maximum atomic E-state index is 12.5. The number of carbonyl (C=O) groups is 1. The Kier molecular flexibility index (Phi) is 7.98. The van der Waals surface area contributed by atoms with Crippen LogP contribution < -0.4 is 0 Å². The van der Waals surface area contributed by atoms with Gasteiger partial charge in [-0.25, -0.2) is 4.79 Å². The van der Waals surface area contributed by atoms with Crippen LogP contribution in [0.2, 0.25) is 5.02 Å². The summed E-state index contributed by atoms with van der Waals surface area (Å²) in [4.78, 5) is 17.1. The zero-order valence-electron chi connectivity index (χ0n) is 17.0. The summed E-state index contributed by atoms with van der Waals surface area (Å²) in [6, 6.07) is 5.74. The zero-order valence-corrected chi connectivity index (χ0v) is 17.8. The van der Waals surface area contributed by atoms with Gasteiger partial charge in [0.25, 0.3) is 0 Å². The van der Waals surface area contributed by atoms with Gasteiger partial charge in [-0.3, -0.25) is 0 Å². The third-order valence-corrected chi connectivity index (χ3v) is 4.87. The van der Waals surface area contributed by atoms with Gasteiger partial charge in [-0.15, -0.1) is 0 Å². The summed E-state index contributed by atoms with van der Waals surface area (Å²) < 4.78 is 11.7. The number of aryl methyl sites for hydroxylation is 1. The Morgan fingerprint density at radius 1 is 1.46 bits per heavy atom. The standard InChI is InChI=1S/C20H29ClN4O3/c1-14-7-8-16(21)12-17(14)18(27-11-9-23-24-22)15-6-5-10-25(13-15)19(26)28-20(2,3)4/h7-8,12,15,18H,5-6,9-11,13H2,1-4H3. The lowest BCUT2D eigenvalue weighted by molar-refractivity contribution is -0.0235. The highest BCUT2D eigenvalue weighted by Crippen LogP contribution is 2.36. The van der Waals surface area contributed by atoms with E-state index in [9.17, 15) is 4.79 Å². The number of carbonyl (C=O) groups excluding carboxylic acids is 1. The number of hydrogen-bond donors (Lipinski definition) is 0. The number of halogens is 1. The number of amides is 1. The third kappa shape index (κ3) is 6.59. The normalized spacial score (nSPS) is 18.3. The minimum absolute atomic E-state index is 0.101. The Bertz CT molecular complexity index is 729. The van der Waals surface area contributed by atoms with Crippen molar-refractivity contribution in [2.75, 3.05) is 26.2 Å². The van der Waals surface area contributed by atoms with Gasteiger partial charge in [-0.1, -0.05) is 22.8 Å². The molecule has 2 atom stereocenters. The van der Waals surface area contributed by atoms with Gasteiger partial charge in [0.2, 0.25) is 0 Å². The predicted octanol–water partition coefficient (Wildman–Crippen LogP) is 5.66. The fourth-order valence-corrected chi connectivity index (χ4v) is 3.59. The maximum Gasteiger partial charge on any atom is 0.410 e. The van der Waals surface area contributed by atoms with E-state index in [0.717, 1.165) is 24.0 Å². The van der Waals surface area contributed by atoms with Crippen molar-refractivity contribution in [1.82, 2.24) is 4.90 Å². The summed E-state index contributed by atoms with van der Waals surface area (Å²) in [5.41, 5.74) is 10.0. The van der Waals surface area contributed by atoms with E-state index < -0.39 is 5.60 Å². The second-order valence-electron chi connectivity index (χ2n) is 8.08. The zero-order chi connectivity index (χ0) is 20.7. The molecule has 0 bridgehead atoms. The molecule has 0 spiro atoms. The number of likely N-dealkylation sites (tertiary alicyclic amines) is 1. The topological polar surface area (TPSA) is 87.5 Å². The van der Waals surface area contributed by atoms with E-state index in [-0.39, 0.29) is 24.7 Å². The van der Waals surface area contributed by atoms with E-state index >= 15 is 0 Å². The Morgan fingerprint density at radius 2 is 2.21 bits per heavy atom. The lowest BCUT2D eigenvalue weighted by Gasteiger charge is -2.38. The van der Waals surface area contributed by atoms with Crippen molar-refractivity contribution in [3.63, 3.8) is 0 Å². The van der Waals surface area contributed by atoms with Crippen molar-refractivity contribution in [1.29, 1.82) is 0 Å². The molecule has 0 N–H and O–H groups in total. The van der Waals surface area contributed by atoms with Crippen molar-refractivity contribution >= 4 is 17.7 Å². The van der Waals surface area contributed by atoms with Gasteiger partial charge in [0.05, 0.1) is 12.7 Å². The fraction of sp³-hybridized carbons (Fsp3) is 0.650. The molecule has 0 aromatic heterocycles. The van der Waals surface area contributed by atoms with Crippen LogP contribution in [0.15, 0.2) is 23.3 Å². The Morgan fingerprint density at radius 3 is 2.89 bits per heavy atom. The van der Waals surface area contributed by atoms with Gasteiger partial charge < -0.3 is 14.4 Å². The second kappa shape index (κ2) is 10.0.